The van der Waals surface area contributed by atoms with Crippen molar-refractivity contribution in [3.8, 4) is 0 Å². The van der Waals surface area contributed by atoms with Crippen LogP contribution < -0.4 is 11.1 Å². The average molecular weight is 200 g/mol. The van der Waals surface area contributed by atoms with E-state index in [1.54, 1.807) is 0 Å². The van der Waals surface area contributed by atoms with Crippen molar-refractivity contribution in [1.29, 1.82) is 0 Å². The number of aliphatic hydroxyl groups excluding tert-OH is 1. The third-order valence-corrected chi connectivity index (χ3v) is 2.79. The molecule has 1 aliphatic rings. The largest absolute Gasteiger partial charge is 0.393 e. The maximum absolute atomic E-state index is 11.5. The molecule has 0 aromatic rings. The lowest BCUT2D eigenvalue weighted by molar-refractivity contribution is -0.125. The van der Waals surface area contributed by atoms with Gasteiger partial charge in [-0.15, -0.1) is 0 Å². The van der Waals surface area contributed by atoms with Crippen LogP contribution in [0.3, 0.4) is 0 Å². The number of carbonyl (C=O) groups is 1. The molecule has 3 unspecified atom stereocenters. The normalized spacial score (nSPS) is 29.6. The second-order valence-corrected chi connectivity index (χ2v) is 4.16. The zero-order chi connectivity index (χ0) is 10.6. The Morgan fingerprint density at radius 3 is 2.93 bits per heavy atom. The fraction of sp³-hybridized carbons (Fsp3) is 0.900. The predicted octanol–water partition coefficient (Wildman–Crippen LogP) is 0.000900. The summed E-state index contributed by atoms with van der Waals surface area (Å²) in [5.41, 5.74) is 5.40. The van der Waals surface area contributed by atoms with Gasteiger partial charge >= 0.3 is 0 Å². The highest BCUT2D eigenvalue weighted by molar-refractivity contribution is 5.78. The molecule has 0 aromatic carbocycles. The lowest BCUT2D eigenvalue weighted by Crippen LogP contribution is -2.43. The molecule has 0 aliphatic heterocycles. The van der Waals surface area contributed by atoms with Crippen LogP contribution in [-0.2, 0) is 4.79 Å². The van der Waals surface area contributed by atoms with Crippen LogP contribution in [0.5, 0.6) is 0 Å². The molecule has 1 fully saturated rings. The molecule has 4 heteroatoms. The maximum Gasteiger partial charge on any atom is 0.224 e. The molecule has 3 atom stereocenters. The predicted molar refractivity (Wildman–Crippen MR) is 54.6 cm³/mol. The van der Waals surface area contributed by atoms with Crippen LogP contribution in [0.15, 0.2) is 0 Å². The highest BCUT2D eigenvalue weighted by Crippen LogP contribution is 2.18. The van der Waals surface area contributed by atoms with E-state index in [1.165, 1.54) is 0 Å². The third-order valence-electron chi connectivity index (χ3n) is 2.79. The number of hydrogen-bond donors (Lipinski definition) is 3. The number of amides is 1. The first-order valence-electron chi connectivity index (χ1n) is 5.32. The molecular weight excluding hydrogens is 180 g/mol. The Kier molecular flexibility index (Phi) is 4.35. The molecule has 1 amide bonds. The first-order chi connectivity index (χ1) is 6.63. The molecule has 4 nitrogen and oxygen atoms in total. The van der Waals surface area contributed by atoms with Gasteiger partial charge in [0.25, 0.3) is 0 Å². The summed E-state index contributed by atoms with van der Waals surface area (Å²) in [6.45, 7) is 2.19. The first kappa shape index (κ1) is 11.5. The van der Waals surface area contributed by atoms with Crippen LogP contribution in [0.4, 0.5) is 0 Å². The van der Waals surface area contributed by atoms with Crippen LogP contribution >= 0.6 is 0 Å². The molecule has 1 aliphatic carbocycles. The van der Waals surface area contributed by atoms with E-state index in [4.69, 9.17) is 5.73 Å². The Morgan fingerprint density at radius 1 is 1.64 bits per heavy atom. The van der Waals surface area contributed by atoms with E-state index in [1.807, 2.05) is 6.92 Å². The maximum atomic E-state index is 11.5. The van der Waals surface area contributed by atoms with Crippen LogP contribution in [0.25, 0.3) is 0 Å². The van der Waals surface area contributed by atoms with E-state index < -0.39 is 0 Å². The molecule has 1 saturated carbocycles. The lowest BCUT2D eigenvalue weighted by atomic mass is 9.92. The van der Waals surface area contributed by atoms with E-state index in [0.29, 0.717) is 13.0 Å². The number of hydrogen-bond acceptors (Lipinski definition) is 3. The minimum Gasteiger partial charge on any atom is -0.393 e. The van der Waals surface area contributed by atoms with Crippen molar-refractivity contribution in [2.24, 2.45) is 11.7 Å². The minimum atomic E-state index is -0.248. The van der Waals surface area contributed by atoms with Crippen molar-refractivity contribution in [3.63, 3.8) is 0 Å². The quantitative estimate of drug-likeness (QED) is 0.600. The van der Waals surface area contributed by atoms with Crippen molar-refractivity contribution in [2.45, 2.75) is 44.8 Å². The van der Waals surface area contributed by atoms with Crippen LogP contribution in [-0.4, -0.2) is 29.7 Å². The Bertz CT molecular complexity index is 197. The first-order valence-corrected chi connectivity index (χ1v) is 5.32. The molecule has 4 N–H and O–H groups in total. The average Bonchev–Trinajstić information content (AvgIpc) is 2.16. The smallest absolute Gasteiger partial charge is 0.224 e. The number of rotatable bonds is 3. The topological polar surface area (TPSA) is 75.4 Å². The zero-order valence-corrected chi connectivity index (χ0v) is 8.70. The third kappa shape index (κ3) is 3.27. The van der Waals surface area contributed by atoms with E-state index in [2.05, 4.69) is 5.32 Å². The summed E-state index contributed by atoms with van der Waals surface area (Å²) in [4.78, 5) is 11.5. The molecule has 0 heterocycles. The Hall–Kier alpha value is -0.610. The Balaban J connectivity index is 2.32. The SMILES string of the molecule is CC(CN)C(=O)NC1CCCC(O)C1. The summed E-state index contributed by atoms with van der Waals surface area (Å²) in [5, 5.41) is 12.3. The van der Waals surface area contributed by atoms with Gasteiger partial charge in [0, 0.05) is 18.5 Å². The van der Waals surface area contributed by atoms with Crippen molar-refractivity contribution < 1.29 is 9.90 Å². The highest BCUT2D eigenvalue weighted by Gasteiger charge is 2.22. The van der Waals surface area contributed by atoms with Gasteiger partial charge in [-0.3, -0.25) is 4.79 Å². The van der Waals surface area contributed by atoms with Gasteiger partial charge in [-0.25, -0.2) is 0 Å². The second-order valence-electron chi connectivity index (χ2n) is 4.16. The second kappa shape index (κ2) is 5.32. The van der Waals surface area contributed by atoms with Crippen LogP contribution in [0, 0.1) is 5.92 Å². The van der Waals surface area contributed by atoms with Gasteiger partial charge < -0.3 is 16.2 Å². The summed E-state index contributed by atoms with van der Waals surface area (Å²) in [6, 6.07) is 0.139. The molecule has 0 aromatic heterocycles. The van der Waals surface area contributed by atoms with Gasteiger partial charge in [0.05, 0.1) is 6.10 Å². The minimum absolute atomic E-state index is 0.00611. The monoisotopic (exact) mass is 200 g/mol. The number of aliphatic hydroxyl groups is 1. The number of nitrogens with one attached hydrogen (secondary N) is 1. The summed E-state index contributed by atoms with van der Waals surface area (Å²) in [7, 11) is 0. The molecule has 0 spiro atoms. The molecule has 0 bridgehead atoms. The van der Waals surface area contributed by atoms with Crippen LogP contribution in [0.1, 0.15) is 32.6 Å². The fourth-order valence-electron chi connectivity index (χ4n) is 1.75. The van der Waals surface area contributed by atoms with Crippen molar-refractivity contribution >= 4 is 5.91 Å². The zero-order valence-electron chi connectivity index (χ0n) is 8.70. The fourth-order valence-corrected chi connectivity index (χ4v) is 1.75. The van der Waals surface area contributed by atoms with Gasteiger partial charge in [-0.2, -0.15) is 0 Å². The van der Waals surface area contributed by atoms with Gasteiger partial charge in [0.15, 0.2) is 0 Å². The van der Waals surface area contributed by atoms with Crippen molar-refractivity contribution in [3.05, 3.63) is 0 Å². The Morgan fingerprint density at radius 2 is 2.36 bits per heavy atom. The molecule has 0 saturated heterocycles. The summed E-state index contributed by atoms with van der Waals surface area (Å²) >= 11 is 0. The van der Waals surface area contributed by atoms with Gasteiger partial charge in [0.2, 0.25) is 5.91 Å². The molecule has 1 rings (SSSR count). The summed E-state index contributed by atoms with van der Waals surface area (Å²) in [5.74, 6) is -0.124. The molecule has 14 heavy (non-hydrogen) atoms. The summed E-state index contributed by atoms with van der Waals surface area (Å²) in [6.07, 6.45) is 3.26. The molecule has 82 valence electrons. The van der Waals surface area contributed by atoms with Gasteiger partial charge in [0.1, 0.15) is 0 Å². The highest BCUT2D eigenvalue weighted by atomic mass is 16.3. The Labute approximate surface area is 84.9 Å². The standard InChI is InChI=1S/C10H20N2O2/c1-7(6-11)10(14)12-8-3-2-4-9(13)5-8/h7-9,13H,2-6,11H2,1H3,(H,12,14). The van der Waals surface area contributed by atoms with E-state index in [-0.39, 0.29) is 24.0 Å². The number of carbonyl (C=O) groups excluding carboxylic acids is 1. The van der Waals surface area contributed by atoms with Crippen molar-refractivity contribution in [1.82, 2.24) is 5.32 Å². The van der Waals surface area contributed by atoms with E-state index in [0.717, 1.165) is 19.3 Å². The molecule has 0 radical (unpaired) electrons. The van der Waals surface area contributed by atoms with Gasteiger partial charge in [-0.1, -0.05) is 6.92 Å². The molecular formula is C10H20N2O2. The summed E-state index contributed by atoms with van der Waals surface area (Å²) < 4.78 is 0. The van der Waals surface area contributed by atoms with Crippen LogP contribution in [0.2, 0.25) is 0 Å². The lowest BCUT2D eigenvalue weighted by Gasteiger charge is -2.27. The van der Waals surface area contributed by atoms with E-state index in [9.17, 15) is 9.90 Å². The van der Waals surface area contributed by atoms with Crippen molar-refractivity contribution in [2.75, 3.05) is 6.54 Å². The van der Waals surface area contributed by atoms with E-state index >= 15 is 0 Å². The van der Waals surface area contributed by atoms with Gasteiger partial charge in [-0.05, 0) is 25.7 Å². The number of nitrogens with two attached hydrogens (primary N) is 1.